The summed E-state index contributed by atoms with van der Waals surface area (Å²) < 4.78 is 26.6. The van der Waals surface area contributed by atoms with Gasteiger partial charge in [-0.15, -0.1) is 0 Å². The van der Waals surface area contributed by atoms with Crippen molar-refractivity contribution in [2.24, 2.45) is 0 Å². The Morgan fingerprint density at radius 3 is 2.70 bits per heavy atom. The summed E-state index contributed by atoms with van der Waals surface area (Å²) in [6.07, 6.45) is -0.583. The van der Waals surface area contributed by atoms with Crippen LogP contribution >= 0.6 is 0 Å². The molecule has 2 aromatic rings. The Balaban J connectivity index is 1.64. The number of hydrogen-bond acceptors (Lipinski definition) is 5. The topological polar surface area (TPSA) is 75.4 Å². The van der Waals surface area contributed by atoms with Crippen LogP contribution in [-0.2, 0) is 22.9 Å². The molecule has 0 bridgehead atoms. The third-order valence-corrected chi connectivity index (χ3v) is 5.81. The highest BCUT2D eigenvalue weighted by atomic mass is 32.2. The van der Waals surface area contributed by atoms with E-state index in [2.05, 4.69) is 10.00 Å². The van der Waals surface area contributed by atoms with Crippen LogP contribution in [0.25, 0.3) is 0 Å². The number of aliphatic hydroxyl groups excluding tert-OH is 1. The van der Waals surface area contributed by atoms with Crippen LogP contribution in [0.15, 0.2) is 41.3 Å². The molecule has 2 heterocycles. The monoisotopic (exact) mass is 335 g/mol. The van der Waals surface area contributed by atoms with Gasteiger partial charge in [-0.1, -0.05) is 18.2 Å². The first-order valence-electron chi connectivity index (χ1n) is 7.70. The third kappa shape index (κ3) is 3.63. The van der Waals surface area contributed by atoms with Gasteiger partial charge >= 0.3 is 0 Å². The van der Waals surface area contributed by atoms with E-state index in [1.54, 1.807) is 31.2 Å². The van der Waals surface area contributed by atoms with Gasteiger partial charge in [0, 0.05) is 19.6 Å². The van der Waals surface area contributed by atoms with Crippen LogP contribution in [0.3, 0.4) is 0 Å². The Labute approximate surface area is 136 Å². The summed E-state index contributed by atoms with van der Waals surface area (Å²) in [6, 6.07) is 10.5. The molecule has 0 radical (unpaired) electrons. The van der Waals surface area contributed by atoms with Crippen molar-refractivity contribution >= 4 is 9.84 Å². The maximum Gasteiger partial charge on any atom is 0.179 e. The lowest BCUT2D eigenvalue weighted by atomic mass is 10.2. The van der Waals surface area contributed by atoms with E-state index in [-0.39, 0.29) is 5.75 Å². The molecule has 23 heavy (non-hydrogen) atoms. The second-order valence-corrected chi connectivity index (χ2v) is 7.98. The minimum Gasteiger partial charge on any atom is -0.387 e. The van der Waals surface area contributed by atoms with Gasteiger partial charge < -0.3 is 5.11 Å². The number of nitrogens with zero attached hydrogens (tertiary/aromatic N) is 3. The van der Waals surface area contributed by atoms with Crippen molar-refractivity contribution in [1.82, 2.24) is 14.7 Å². The van der Waals surface area contributed by atoms with Crippen LogP contribution in [0.2, 0.25) is 0 Å². The van der Waals surface area contributed by atoms with Gasteiger partial charge in [-0.2, -0.15) is 5.10 Å². The van der Waals surface area contributed by atoms with Gasteiger partial charge in [0.05, 0.1) is 34.7 Å². The van der Waals surface area contributed by atoms with Gasteiger partial charge in [-0.25, -0.2) is 8.42 Å². The van der Waals surface area contributed by atoms with Crippen molar-refractivity contribution in [2.45, 2.75) is 31.0 Å². The molecule has 0 amide bonds. The summed E-state index contributed by atoms with van der Waals surface area (Å²) in [5, 5.41) is 14.0. The van der Waals surface area contributed by atoms with Gasteiger partial charge in [0.15, 0.2) is 9.84 Å². The summed E-state index contributed by atoms with van der Waals surface area (Å²) in [5.41, 5.74) is 1.68. The molecule has 124 valence electrons. The first-order valence-corrected chi connectivity index (χ1v) is 9.36. The Morgan fingerprint density at radius 2 is 2.00 bits per heavy atom. The Kier molecular flexibility index (Phi) is 4.52. The SMILES string of the molecule is C[C@H](O)c1cc2n(n1)CCN(CCS(=O)(=O)c1ccccc1)C2. The molecule has 1 aromatic carbocycles. The van der Waals surface area contributed by atoms with E-state index >= 15 is 0 Å². The predicted molar refractivity (Wildman–Crippen MR) is 86.6 cm³/mol. The average molecular weight is 335 g/mol. The van der Waals surface area contributed by atoms with E-state index in [9.17, 15) is 13.5 Å². The highest BCUT2D eigenvalue weighted by molar-refractivity contribution is 7.91. The Hall–Kier alpha value is -1.70. The van der Waals surface area contributed by atoms with Crippen molar-refractivity contribution in [3.8, 4) is 0 Å². The van der Waals surface area contributed by atoms with Crippen molar-refractivity contribution < 1.29 is 13.5 Å². The fourth-order valence-electron chi connectivity index (χ4n) is 2.73. The summed E-state index contributed by atoms with van der Waals surface area (Å²) in [4.78, 5) is 2.49. The zero-order valence-electron chi connectivity index (χ0n) is 13.1. The largest absolute Gasteiger partial charge is 0.387 e. The van der Waals surface area contributed by atoms with E-state index in [1.165, 1.54) is 0 Å². The molecule has 0 fully saturated rings. The van der Waals surface area contributed by atoms with Crippen LogP contribution in [0, 0.1) is 0 Å². The smallest absolute Gasteiger partial charge is 0.179 e. The highest BCUT2D eigenvalue weighted by Crippen LogP contribution is 2.18. The molecule has 6 nitrogen and oxygen atoms in total. The summed E-state index contributed by atoms with van der Waals surface area (Å²) in [6.45, 7) is 4.32. The van der Waals surface area contributed by atoms with E-state index in [1.807, 2.05) is 16.8 Å². The van der Waals surface area contributed by atoms with Gasteiger partial charge in [0.1, 0.15) is 0 Å². The first-order chi connectivity index (χ1) is 11.0. The summed E-state index contributed by atoms with van der Waals surface area (Å²) in [7, 11) is -3.25. The van der Waals surface area contributed by atoms with Crippen LogP contribution in [0.4, 0.5) is 0 Å². The molecule has 1 N–H and O–H groups in total. The fraction of sp³-hybridized carbons (Fsp3) is 0.438. The minimum absolute atomic E-state index is 0.106. The molecule has 1 aromatic heterocycles. The van der Waals surface area contributed by atoms with Crippen LogP contribution in [0.5, 0.6) is 0 Å². The van der Waals surface area contributed by atoms with E-state index in [0.717, 1.165) is 12.2 Å². The number of fused-ring (bicyclic) bond motifs is 1. The summed E-state index contributed by atoms with van der Waals surface area (Å²) in [5.74, 6) is 0.106. The van der Waals surface area contributed by atoms with Crippen molar-refractivity contribution in [3.63, 3.8) is 0 Å². The van der Waals surface area contributed by atoms with Gasteiger partial charge in [-0.3, -0.25) is 9.58 Å². The van der Waals surface area contributed by atoms with Crippen LogP contribution < -0.4 is 0 Å². The zero-order chi connectivity index (χ0) is 16.4. The van der Waals surface area contributed by atoms with Crippen molar-refractivity contribution in [3.05, 3.63) is 47.8 Å². The molecule has 1 aliphatic rings. The number of sulfone groups is 1. The Bertz CT molecular complexity index is 769. The fourth-order valence-corrected chi connectivity index (χ4v) is 4.04. The Morgan fingerprint density at radius 1 is 1.26 bits per heavy atom. The molecule has 0 unspecified atom stereocenters. The predicted octanol–water partition coefficient (Wildman–Crippen LogP) is 1.23. The molecule has 0 aliphatic carbocycles. The molecule has 0 saturated heterocycles. The van der Waals surface area contributed by atoms with Crippen molar-refractivity contribution in [1.29, 1.82) is 0 Å². The number of aliphatic hydroxyl groups is 1. The van der Waals surface area contributed by atoms with E-state index in [0.29, 0.717) is 30.2 Å². The molecule has 7 heteroatoms. The summed E-state index contributed by atoms with van der Waals surface area (Å²) >= 11 is 0. The van der Waals surface area contributed by atoms with E-state index in [4.69, 9.17) is 0 Å². The number of benzene rings is 1. The second-order valence-electron chi connectivity index (χ2n) is 5.87. The van der Waals surface area contributed by atoms with Crippen molar-refractivity contribution in [2.75, 3.05) is 18.8 Å². The maximum atomic E-state index is 12.3. The molecular formula is C16H21N3O3S. The standard InChI is InChI=1S/C16H21N3O3S/c1-13(20)16-11-14-12-18(7-8-19(14)17-16)9-10-23(21,22)15-5-3-2-4-6-15/h2-6,11,13,20H,7-10,12H2,1H3/t13-/m0/s1. The molecule has 3 rings (SSSR count). The molecule has 0 spiro atoms. The lowest BCUT2D eigenvalue weighted by Crippen LogP contribution is -2.36. The van der Waals surface area contributed by atoms with Gasteiger partial charge in [0.25, 0.3) is 0 Å². The molecule has 1 atom stereocenters. The average Bonchev–Trinajstić information content (AvgIpc) is 2.97. The number of hydrogen-bond donors (Lipinski definition) is 1. The van der Waals surface area contributed by atoms with E-state index < -0.39 is 15.9 Å². The van der Waals surface area contributed by atoms with Gasteiger partial charge in [-0.05, 0) is 25.1 Å². The zero-order valence-corrected chi connectivity index (χ0v) is 13.9. The lowest BCUT2D eigenvalue weighted by molar-refractivity contribution is 0.191. The number of aromatic nitrogens is 2. The van der Waals surface area contributed by atoms with Crippen LogP contribution in [-0.4, -0.2) is 47.0 Å². The second kappa shape index (κ2) is 6.43. The molecular weight excluding hydrogens is 314 g/mol. The minimum atomic E-state index is -3.25. The molecule has 0 saturated carbocycles. The first kappa shape index (κ1) is 16.2. The maximum absolute atomic E-state index is 12.3. The lowest BCUT2D eigenvalue weighted by Gasteiger charge is -2.27. The highest BCUT2D eigenvalue weighted by Gasteiger charge is 2.22. The van der Waals surface area contributed by atoms with Gasteiger partial charge in [0.2, 0.25) is 0 Å². The number of rotatable bonds is 5. The quantitative estimate of drug-likeness (QED) is 0.889. The molecule has 1 aliphatic heterocycles. The third-order valence-electron chi connectivity index (χ3n) is 4.10. The normalized spacial score (nSPS) is 17.0. The van der Waals surface area contributed by atoms with Crippen LogP contribution in [0.1, 0.15) is 24.4 Å².